The first-order chi connectivity index (χ1) is 17.9. The van der Waals surface area contributed by atoms with Crippen molar-refractivity contribution in [3.8, 4) is 17.3 Å². The molecule has 0 radical (unpaired) electrons. The minimum Gasteiger partial charge on any atom is -0.352 e. The molecule has 4 rings (SSSR count). The third-order valence-electron chi connectivity index (χ3n) is 6.02. The van der Waals surface area contributed by atoms with Crippen molar-refractivity contribution in [2.45, 2.75) is 16.7 Å². The predicted octanol–water partition coefficient (Wildman–Crippen LogP) is 3.21. The number of aryl methyl sites for hydroxylation is 1. The van der Waals surface area contributed by atoms with Gasteiger partial charge in [-0.05, 0) is 37.3 Å². The standard InChI is InChI=1S/C25H24ClN5O5S2/c1-17-3-9-21(10-4-17)38(35,36)29-25(32)31-13-11-30(12-14-31)24-19(16-27)15-22(37(2,33)34)23(28-24)18-5-7-20(26)8-6-18/h3-10,15H,11-14H2,1-2H3,(H,29,32). The van der Waals surface area contributed by atoms with Gasteiger partial charge < -0.3 is 9.80 Å². The van der Waals surface area contributed by atoms with E-state index in [1.807, 2.05) is 13.0 Å². The highest BCUT2D eigenvalue weighted by Crippen LogP contribution is 2.32. The van der Waals surface area contributed by atoms with Crippen LogP contribution in [0.4, 0.5) is 10.6 Å². The van der Waals surface area contributed by atoms with Gasteiger partial charge in [-0.15, -0.1) is 0 Å². The molecule has 0 spiro atoms. The van der Waals surface area contributed by atoms with Crippen LogP contribution in [0.25, 0.3) is 11.3 Å². The van der Waals surface area contributed by atoms with Crippen LogP contribution in [0.15, 0.2) is 64.4 Å². The maximum atomic E-state index is 12.7. The van der Waals surface area contributed by atoms with E-state index in [4.69, 9.17) is 11.6 Å². The van der Waals surface area contributed by atoms with Gasteiger partial charge in [0.2, 0.25) is 0 Å². The number of anilines is 1. The van der Waals surface area contributed by atoms with Crippen LogP contribution in [0.5, 0.6) is 0 Å². The lowest BCUT2D eigenvalue weighted by Gasteiger charge is -2.35. The Morgan fingerprint density at radius 3 is 2.16 bits per heavy atom. The minimum absolute atomic E-state index is 0.0151. The van der Waals surface area contributed by atoms with Crippen LogP contribution in [0.1, 0.15) is 11.1 Å². The lowest BCUT2D eigenvalue weighted by Crippen LogP contribution is -2.53. The Balaban J connectivity index is 1.56. The van der Waals surface area contributed by atoms with Gasteiger partial charge in [-0.2, -0.15) is 5.26 Å². The average molecular weight is 574 g/mol. The van der Waals surface area contributed by atoms with Crippen molar-refractivity contribution < 1.29 is 21.6 Å². The summed E-state index contributed by atoms with van der Waals surface area (Å²) in [6, 6.07) is 15.2. The number of benzene rings is 2. The van der Waals surface area contributed by atoms with Gasteiger partial charge in [0, 0.05) is 43.0 Å². The third-order valence-corrected chi connectivity index (χ3v) is 8.72. The molecular weight excluding hydrogens is 550 g/mol. The van der Waals surface area contributed by atoms with E-state index < -0.39 is 25.9 Å². The largest absolute Gasteiger partial charge is 0.352 e. The lowest BCUT2D eigenvalue weighted by molar-refractivity contribution is 0.200. The molecular formula is C25H24ClN5O5S2. The Labute approximate surface area is 226 Å². The van der Waals surface area contributed by atoms with E-state index in [2.05, 4.69) is 9.71 Å². The number of nitriles is 1. The van der Waals surface area contributed by atoms with Gasteiger partial charge in [0.1, 0.15) is 11.9 Å². The normalized spacial score (nSPS) is 14.2. The van der Waals surface area contributed by atoms with Gasteiger partial charge in [-0.3, -0.25) is 0 Å². The Morgan fingerprint density at radius 1 is 1.00 bits per heavy atom. The number of hydrogen-bond donors (Lipinski definition) is 1. The second kappa shape index (κ2) is 10.6. The summed E-state index contributed by atoms with van der Waals surface area (Å²) in [7, 11) is -7.75. The number of sulfone groups is 1. The summed E-state index contributed by atoms with van der Waals surface area (Å²) in [6.45, 7) is 2.64. The fourth-order valence-electron chi connectivity index (χ4n) is 3.98. The number of carbonyl (C=O) groups is 1. The molecule has 1 N–H and O–H groups in total. The number of halogens is 1. The van der Waals surface area contributed by atoms with Crippen molar-refractivity contribution in [2.24, 2.45) is 0 Å². The van der Waals surface area contributed by atoms with Crippen molar-refractivity contribution in [1.82, 2.24) is 14.6 Å². The third kappa shape index (κ3) is 5.91. The van der Waals surface area contributed by atoms with Crippen LogP contribution in [0.3, 0.4) is 0 Å². The summed E-state index contributed by atoms with van der Waals surface area (Å²) >= 11 is 5.98. The molecule has 0 unspecified atom stereocenters. The van der Waals surface area contributed by atoms with Crippen molar-refractivity contribution in [2.75, 3.05) is 37.3 Å². The summed E-state index contributed by atoms with van der Waals surface area (Å²) in [5.74, 6) is 0.275. The lowest BCUT2D eigenvalue weighted by atomic mass is 10.1. The Bertz CT molecular complexity index is 1630. The molecule has 198 valence electrons. The van der Waals surface area contributed by atoms with Gasteiger partial charge in [0.15, 0.2) is 9.84 Å². The monoisotopic (exact) mass is 573 g/mol. The van der Waals surface area contributed by atoms with E-state index in [0.29, 0.717) is 10.6 Å². The molecule has 2 amide bonds. The number of carbonyl (C=O) groups excluding carboxylic acids is 1. The van der Waals surface area contributed by atoms with E-state index >= 15 is 0 Å². The number of nitrogens with zero attached hydrogens (tertiary/aromatic N) is 4. The van der Waals surface area contributed by atoms with Crippen LogP contribution in [-0.2, 0) is 19.9 Å². The molecule has 0 atom stereocenters. The van der Waals surface area contributed by atoms with Gasteiger partial charge in [0.25, 0.3) is 10.0 Å². The number of amides is 2. The maximum Gasteiger partial charge on any atom is 0.331 e. The highest BCUT2D eigenvalue weighted by atomic mass is 35.5. The molecule has 1 aromatic heterocycles. The zero-order valence-corrected chi connectivity index (χ0v) is 22.9. The first-order valence-electron chi connectivity index (χ1n) is 11.4. The van der Waals surface area contributed by atoms with Crippen LogP contribution in [0, 0.1) is 18.3 Å². The molecule has 1 aliphatic heterocycles. The molecule has 38 heavy (non-hydrogen) atoms. The Morgan fingerprint density at radius 2 is 1.61 bits per heavy atom. The predicted molar refractivity (Wildman–Crippen MR) is 143 cm³/mol. The Kier molecular flexibility index (Phi) is 7.64. The fourth-order valence-corrected chi connectivity index (χ4v) is 5.93. The van der Waals surface area contributed by atoms with Gasteiger partial charge in [0.05, 0.1) is 21.0 Å². The molecule has 2 heterocycles. The topological polar surface area (TPSA) is 141 Å². The summed E-state index contributed by atoms with van der Waals surface area (Å²) in [6.07, 6.45) is 1.05. The second-order valence-corrected chi connectivity index (χ2v) is 12.9. The molecule has 0 aliphatic carbocycles. The summed E-state index contributed by atoms with van der Waals surface area (Å²) in [4.78, 5) is 20.3. The maximum absolute atomic E-state index is 12.7. The van der Waals surface area contributed by atoms with Crippen LogP contribution in [-0.4, -0.2) is 65.2 Å². The first kappa shape index (κ1) is 27.4. The van der Waals surface area contributed by atoms with Crippen molar-refractivity contribution >= 4 is 43.3 Å². The summed E-state index contributed by atoms with van der Waals surface area (Å²) < 4.78 is 52.3. The second-order valence-electron chi connectivity index (χ2n) is 8.79. The zero-order chi connectivity index (χ0) is 27.7. The SMILES string of the molecule is Cc1ccc(S(=O)(=O)NC(=O)N2CCN(c3nc(-c4ccc(Cl)cc4)c(S(C)(=O)=O)cc3C#N)CC2)cc1. The van der Waals surface area contributed by atoms with Crippen LogP contribution < -0.4 is 9.62 Å². The number of sulfonamides is 1. The minimum atomic E-state index is -4.04. The zero-order valence-electron chi connectivity index (χ0n) is 20.5. The smallest absolute Gasteiger partial charge is 0.331 e. The molecule has 1 fully saturated rings. The van der Waals surface area contributed by atoms with Crippen LogP contribution >= 0.6 is 11.6 Å². The van der Waals surface area contributed by atoms with E-state index in [-0.39, 0.29) is 53.0 Å². The number of aromatic nitrogens is 1. The molecule has 2 aromatic carbocycles. The molecule has 3 aromatic rings. The number of nitrogens with one attached hydrogen (secondary N) is 1. The van der Waals surface area contributed by atoms with E-state index in [0.717, 1.165) is 11.8 Å². The molecule has 0 saturated carbocycles. The van der Waals surface area contributed by atoms with Crippen LogP contribution in [0.2, 0.25) is 5.02 Å². The van der Waals surface area contributed by atoms with E-state index in [9.17, 15) is 26.9 Å². The fraction of sp³-hybridized carbons (Fsp3) is 0.240. The van der Waals surface area contributed by atoms with Crippen molar-refractivity contribution in [3.63, 3.8) is 0 Å². The van der Waals surface area contributed by atoms with Crippen molar-refractivity contribution in [3.05, 3.63) is 70.7 Å². The van der Waals surface area contributed by atoms with Gasteiger partial charge in [-0.25, -0.2) is 31.3 Å². The number of pyridine rings is 1. The van der Waals surface area contributed by atoms with Gasteiger partial charge >= 0.3 is 6.03 Å². The average Bonchev–Trinajstić information content (AvgIpc) is 2.88. The Hall–Kier alpha value is -3.66. The molecule has 1 saturated heterocycles. The first-order valence-corrected chi connectivity index (χ1v) is 15.2. The molecule has 1 aliphatic rings. The molecule has 0 bridgehead atoms. The molecule has 13 heteroatoms. The summed E-state index contributed by atoms with van der Waals surface area (Å²) in [5, 5.41) is 10.2. The quantitative estimate of drug-likeness (QED) is 0.490. The van der Waals surface area contributed by atoms with Crippen molar-refractivity contribution in [1.29, 1.82) is 5.26 Å². The number of piperazine rings is 1. The summed E-state index contributed by atoms with van der Waals surface area (Å²) in [5.41, 5.74) is 1.66. The highest BCUT2D eigenvalue weighted by Gasteiger charge is 2.28. The van der Waals surface area contributed by atoms with E-state index in [1.54, 1.807) is 41.3 Å². The highest BCUT2D eigenvalue weighted by molar-refractivity contribution is 7.91. The van der Waals surface area contributed by atoms with E-state index in [1.165, 1.54) is 23.1 Å². The number of urea groups is 1. The molecule has 10 nitrogen and oxygen atoms in total. The number of hydrogen-bond acceptors (Lipinski definition) is 8. The van der Waals surface area contributed by atoms with Gasteiger partial charge in [-0.1, -0.05) is 41.4 Å². The number of rotatable bonds is 5.